The molecular formula is C18H17BrN4O3. The van der Waals surface area contributed by atoms with Crippen molar-refractivity contribution in [2.24, 2.45) is 5.92 Å². The third kappa shape index (κ3) is 2.70. The molecule has 2 atom stereocenters. The van der Waals surface area contributed by atoms with E-state index in [9.17, 15) is 5.26 Å². The zero-order valence-corrected chi connectivity index (χ0v) is 15.8. The molecule has 2 aromatic carbocycles. The molecule has 26 heavy (non-hydrogen) atoms. The number of nitrogen functional groups attached to an aromatic ring is 2. The van der Waals surface area contributed by atoms with Crippen LogP contribution in [0.25, 0.3) is 0 Å². The van der Waals surface area contributed by atoms with Crippen LogP contribution < -0.4 is 25.7 Å². The Kier molecular flexibility index (Phi) is 4.66. The van der Waals surface area contributed by atoms with E-state index in [1.54, 1.807) is 25.3 Å². The average molecular weight is 417 g/mol. The van der Waals surface area contributed by atoms with E-state index in [-0.39, 0.29) is 11.6 Å². The lowest BCUT2D eigenvalue weighted by Crippen LogP contribution is -2.31. The lowest BCUT2D eigenvalue weighted by atomic mass is 9.78. The normalized spacial score (nSPS) is 18.5. The van der Waals surface area contributed by atoms with Crippen LogP contribution in [0.1, 0.15) is 17.0 Å². The molecule has 7 nitrogen and oxygen atoms in total. The van der Waals surface area contributed by atoms with Crippen LogP contribution in [0, 0.1) is 22.7 Å². The van der Waals surface area contributed by atoms with Crippen LogP contribution in [0.15, 0.2) is 28.7 Å². The van der Waals surface area contributed by atoms with Crippen molar-refractivity contribution in [3.63, 3.8) is 0 Å². The van der Waals surface area contributed by atoms with Crippen LogP contribution in [-0.4, -0.2) is 20.1 Å². The van der Waals surface area contributed by atoms with Crippen LogP contribution >= 0.6 is 15.9 Å². The van der Waals surface area contributed by atoms with Gasteiger partial charge in [-0.05, 0) is 39.7 Å². The SMILES string of the molecule is COc1cc([C@@H]2c3ccc(N)c(N)c3OC(=N)C2C#N)cc(Br)c1OC. The summed E-state index contributed by atoms with van der Waals surface area (Å²) in [5, 5.41) is 17.8. The number of hydrogen-bond acceptors (Lipinski definition) is 7. The van der Waals surface area contributed by atoms with Gasteiger partial charge in [-0.1, -0.05) is 6.07 Å². The van der Waals surface area contributed by atoms with Gasteiger partial charge in [0.1, 0.15) is 5.92 Å². The smallest absolute Gasteiger partial charge is 0.205 e. The number of nitrogens with two attached hydrogens (primary N) is 2. The fraction of sp³-hybridized carbons (Fsp3) is 0.222. The van der Waals surface area contributed by atoms with Crippen molar-refractivity contribution < 1.29 is 14.2 Å². The number of nitriles is 1. The monoisotopic (exact) mass is 416 g/mol. The van der Waals surface area contributed by atoms with Gasteiger partial charge in [0.05, 0.1) is 36.1 Å². The standard InChI is InChI=1S/C18H17BrN4O3/c1-24-13-6-8(5-11(19)17(13)25-2)14-9-3-4-12(21)15(22)16(9)26-18(23)10(14)7-20/h3-6,10,14,23H,21-22H2,1-2H3/t10?,14-/m1/s1. The molecule has 0 radical (unpaired) electrons. The Labute approximate surface area is 159 Å². The van der Waals surface area contributed by atoms with Crippen molar-refractivity contribution in [1.29, 1.82) is 10.7 Å². The molecule has 1 aliphatic rings. The van der Waals surface area contributed by atoms with Gasteiger partial charge in [-0.15, -0.1) is 0 Å². The summed E-state index contributed by atoms with van der Waals surface area (Å²) in [6, 6.07) is 9.22. The molecule has 3 rings (SSSR count). The van der Waals surface area contributed by atoms with Crippen molar-refractivity contribution in [1.82, 2.24) is 0 Å². The average Bonchev–Trinajstić information content (AvgIpc) is 2.63. The number of rotatable bonds is 3. The number of methoxy groups -OCH3 is 2. The van der Waals surface area contributed by atoms with E-state index in [0.29, 0.717) is 33.0 Å². The predicted molar refractivity (Wildman–Crippen MR) is 102 cm³/mol. The van der Waals surface area contributed by atoms with Crippen molar-refractivity contribution >= 4 is 33.2 Å². The number of anilines is 2. The number of nitrogens with one attached hydrogen (secondary N) is 1. The van der Waals surface area contributed by atoms with Gasteiger partial charge in [0.2, 0.25) is 5.90 Å². The second kappa shape index (κ2) is 6.77. The second-order valence-corrected chi connectivity index (χ2v) is 6.63. The Morgan fingerprint density at radius 2 is 1.96 bits per heavy atom. The molecular weight excluding hydrogens is 400 g/mol. The highest BCUT2D eigenvalue weighted by Gasteiger charge is 2.38. The van der Waals surface area contributed by atoms with Crippen LogP contribution in [0.2, 0.25) is 0 Å². The van der Waals surface area contributed by atoms with E-state index in [1.807, 2.05) is 6.07 Å². The molecule has 1 unspecified atom stereocenters. The predicted octanol–water partition coefficient (Wildman–Crippen LogP) is 3.27. The first-order valence-electron chi connectivity index (χ1n) is 7.68. The molecule has 2 aromatic rings. The minimum Gasteiger partial charge on any atom is -0.493 e. The van der Waals surface area contributed by atoms with Crippen LogP contribution in [0.5, 0.6) is 17.2 Å². The fourth-order valence-electron chi connectivity index (χ4n) is 3.12. The quantitative estimate of drug-likeness (QED) is 0.658. The van der Waals surface area contributed by atoms with Gasteiger partial charge in [0.15, 0.2) is 17.2 Å². The number of nitrogens with zero attached hydrogens (tertiary/aromatic N) is 1. The summed E-state index contributed by atoms with van der Waals surface area (Å²) in [4.78, 5) is 0. The van der Waals surface area contributed by atoms with Gasteiger partial charge in [-0.3, -0.25) is 5.41 Å². The molecule has 0 saturated carbocycles. The number of halogens is 1. The highest BCUT2D eigenvalue weighted by molar-refractivity contribution is 9.10. The molecule has 0 bridgehead atoms. The third-order valence-electron chi connectivity index (χ3n) is 4.38. The van der Waals surface area contributed by atoms with E-state index < -0.39 is 11.8 Å². The summed E-state index contributed by atoms with van der Waals surface area (Å²) >= 11 is 3.47. The van der Waals surface area contributed by atoms with Crippen LogP contribution in [0.3, 0.4) is 0 Å². The maximum atomic E-state index is 9.64. The summed E-state index contributed by atoms with van der Waals surface area (Å²) in [5.74, 6) is -0.0723. The molecule has 0 saturated heterocycles. The third-order valence-corrected chi connectivity index (χ3v) is 4.97. The summed E-state index contributed by atoms with van der Waals surface area (Å²) in [7, 11) is 3.08. The Hall–Kier alpha value is -2.92. The number of benzene rings is 2. The van der Waals surface area contributed by atoms with Crippen molar-refractivity contribution in [2.75, 3.05) is 25.7 Å². The number of ether oxygens (including phenoxy) is 3. The van der Waals surface area contributed by atoms with Gasteiger partial charge < -0.3 is 25.7 Å². The molecule has 0 aliphatic carbocycles. The van der Waals surface area contributed by atoms with Gasteiger partial charge in [-0.2, -0.15) is 5.26 Å². The van der Waals surface area contributed by atoms with E-state index in [4.69, 9.17) is 31.1 Å². The maximum Gasteiger partial charge on any atom is 0.205 e. The topological polar surface area (TPSA) is 127 Å². The number of hydrogen-bond donors (Lipinski definition) is 3. The zero-order chi connectivity index (χ0) is 19.0. The molecule has 0 spiro atoms. The first-order valence-corrected chi connectivity index (χ1v) is 8.47. The fourth-order valence-corrected chi connectivity index (χ4v) is 3.74. The second-order valence-electron chi connectivity index (χ2n) is 5.78. The number of fused-ring (bicyclic) bond motifs is 1. The van der Waals surface area contributed by atoms with Crippen molar-refractivity contribution in [3.8, 4) is 23.3 Å². The van der Waals surface area contributed by atoms with Crippen LogP contribution in [0.4, 0.5) is 11.4 Å². The molecule has 5 N–H and O–H groups in total. The molecule has 0 fully saturated rings. The van der Waals surface area contributed by atoms with E-state index in [1.165, 1.54) is 7.11 Å². The zero-order valence-electron chi connectivity index (χ0n) is 14.2. The first-order chi connectivity index (χ1) is 12.4. The molecule has 134 valence electrons. The van der Waals surface area contributed by atoms with Gasteiger partial charge in [-0.25, -0.2) is 0 Å². The van der Waals surface area contributed by atoms with Crippen LogP contribution in [-0.2, 0) is 0 Å². The van der Waals surface area contributed by atoms with E-state index in [2.05, 4.69) is 22.0 Å². The maximum absolute atomic E-state index is 9.64. The van der Waals surface area contributed by atoms with E-state index >= 15 is 0 Å². The lowest BCUT2D eigenvalue weighted by Gasteiger charge is -2.31. The molecule has 1 aliphatic heterocycles. The molecule has 1 heterocycles. The summed E-state index contributed by atoms with van der Waals surface area (Å²) < 4.78 is 16.9. The van der Waals surface area contributed by atoms with Crippen molar-refractivity contribution in [3.05, 3.63) is 39.9 Å². The Balaban J connectivity index is 2.26. The molecule has 0 amide bonds. The summed E-state index contributed by atoms with van der Waals surface area (Å²) in [6.07, 6.45) is 0. The highest BCUT2D eigenvalue weighted by Crippen LogP contribution is 2.48. The molecule has 8 heteroatoms. The van der Waals surface area contributed by atoms with E-state index in [0.717, 1.165) is 5.56 Å². The van der Waals surface area contributed by atoms with Gasteiger partial charge >= 0.3 is 0 Å². The van der Waals surface area contributed by atoms with Crippen molar-refractivity contribution in [2.45, 2.75) is 5.92 Å². The summed E-state index contributed by atoms with van der Waals surface area (Å²) in [6.45, 7) is 0. The lowest BCUT2D eigenvalue weighted by molar-refractivity contribution is 0.352. The minimum absolute atomic E-state index is 0.173. The Morgan fingerprint density at radius 3 is 2.58 bits per heavy atom. The Morgan fingerprint density at radius 1 is 1.23 bits per heavy atom. The van der Waals surface area contributed by atoms with Gasteiger partial charge in [0, 0.05) is 11.5 Å². The minimum atomic E-state index is -0.810. The first kappa shape index (κ1) is 17.9. The highest BCUT2D eigenvalue weighted by atomic mass is 79.9. The molecule has 0 aromatic heterocycles. The summed E-state index contributed by atoms with van der Waals surface area (Å²) in [5.41, 5.74) is 14.0. The Bertz CT molecular complexity index is 939. The van der Waals surface area contributed by atoms with Gasteiger partial charge in [0.25, 0.3) is 0 Å². The largest absolute Gasteiger partial charge is 0.493 e.